The zero-order chi connectivity index (χ0) is 22.8. The predicted octanol–water partition coefficient (Wildman–Crippen LogP) is 5.56. The standard InChI is InChI=1S/C25H50O6/c1-4-5-6-7-8-9-10-11-12-15-27-17-19-29-21-22-30-20-18-28-16-13-14-25(26)31-23-24(2)3/h24H,4-23H2,1-3H3. The van der Waals surface area contributed by atoms with Crippen LogP contribution in [0.2, 0.25) is 0 Å². The minimum Gasteiger partial charge on any atom is -0.465 e. The molecule has 0 aromatic carbocycles. The molecule has 0 N–H and O–H groups in total. The molecule has 0 aliphatic heterocycles. The smallest absolute Gasteiger partial charge is 0.305 e. The molecule has 0 aliphatic rings. The summed E-state index contributed by atoms with van der Waals surface area (Å²) in [6.07, 6.45) is 13.1. The Kier molecular flexibility index (Phi) is 25.0. The second kappa shape index (κ2) is 25.6. The van der Waals surface area contributed by atoms with E-state index in [0.717, 1.165) is 13.0 Å². The molecule has 0 unspecified atom stereocenters. The first-order chi connectivity index (χ1) is 15.2. The van der Waals surface area contributed by atoms with Crippen LogP contribution in [0, 0.1) is 5.92 Å². The van der Waals surface area contributed by atoms with Crippen LogP contribution in [0.4, 0.5) is 0 Å². The van der Waals surface area contributed by atoms with Crippen LogP contribution in [0.1, 0.15) is 91.4 Å². The van der Waals surface area contributed by atoms with Crippen molar-refractivity contribution in [2.24, 2.45) is 5.92 Å². The molecule has 0 radical (unpaired) electrons. The van der Waals surface area contributed by atoms with Gasteiger partial charge in [0.25, 0.3) is 0 Å². The molecule has 0 heterocycles. The third-order valence-electron chi connectivity index (χ3n) is 4.76. The van der Waals surface area contributed by atoms with Crippen molar-refractivity contribution < 1.29 is 28.5 Å². The number of carbonyl (C=O) groups is 1. The Labute approximate surface area is 191 Å². The van der Waals surface area contributed by atoms with E-state index in [1.54, 1.807) is 0 Å². The minimum atomic E-state index is -0.150. The highest BCUT2D eigenvalue weighted by Crippen LogP contribution is 2.09. The molecule has 0 saturated carbocycles. The highest BCUT2D eigenvalue weighted by molar-refractivity contribution is 5.69. The van der Waals surface area contributed by atoms with Gasteiger partial charge in [0.05, 0.1) is 46.2 Å². The Balaban J connectivity index is 3.07. The summed E-state index contributed by atoms with van der Waals surface area (Å²) < 4.78 is 27.1. The van der Waals surface area contributed by atoms with Crippen LogP contribution < -0.4 is 0 Å². The molecule has 0 spiro atoms. The van der Waals surface area contributed by atoms with Crippen molar-refractivity contribution in [3.05, 3.63) is 0 Å². The van der Waals surface area contributed by atoms with E-state index in [2.05, 4.69) is 6.92 Å². The van der Waals surface area contributed by atoms with Crippen molar-refractivity contribution in [2.45, 2.75) is 91.4 Å². The first-order valence-electron chi connectivity index (χ1n) is 12.6. The zero-order valence-corrected chi connectivity index (χ0v) is 20.7. The number of esters is 1. The molecule has 0 aliphatic carbocycles. The van der Waals surface area contributed by atoms with Gasteiger partial charge in [0.1, 0.15) is 0 Å². The van der Waals surface area contributed by atoms with Crippen LogP contribution in [-0.2, 0) is 28.5 Å². The monoisotopic (exact) mass is 446 g/mol. The van der Waals surface area contributed by atoms with Crippen molar-refractivity contribution in [1.82, 2.24) is 0 Å². The van der Waals surface area contributed by atoms with Crippen LogP contribution in [0.5, 0.6) is 0 Å². The van der Waals surface area contributed by atoms with E-state index in [9.17, 15) is 4.79 Å². The van der Waals surface area contributed by atoms with Crippen LogP contribution in [0.15, 0.2) is 0 Å². The summed E-state index contributed by atoms with van der Waals surface area (Å²) >= 11 is 0. The fraction of sp³-hybridized carbons (Fsp3) is 0.960. The normalized spacial score (nSPS) is 11.4. The van der Waals surface area contributed by atoms with Crippen LogP contribution in [0.25, 0.3) is 0 Å². The van der Waals surface area contributed by atoms with Gasteiger partial charge in [0.15, 0.2) is 0 Å². The topological polar surface area (TPSA) is 63.2 Å². The SMILES string of the molecule is CCCCCCCCCCCOCCOCCOCCOCCCC(=O)OCC(C)C. The Morgan fingerprint density at radius 1 is 0.581 bits per heavy atom. The summed E-state index contributed by atoms with van der Waals surface area (Å²) in [6.45, 7) is 11.6. The van der Waals surface area contributed by atoms with Crippen molar-refractivity contribution in [1.29, 1.82) is 0 Å². The lowest BCUT2D eigenvalue weighted by atomic mass is 10.1. The van der Waals surface area contributed by atoms with Crippen LogP contribution in [0.3, 0.4) is 0 Å². The highest BCUT2D eigenvalue weighted by atomic mass is 16.6. The van der Waals surface area contributed by atoms with Crippen LogP contribution in [-0.4, -0.2) is 65.4 Å². The van der Waals surface area contributed by atoms with Gasteiger partial charge in [-0.3, -0.25) is 4.79 Å². The van der Waals surface area contributed by atoms with Crippen molar-refractivity contribution >= 4 is 5.97 Å². The number of unbranched alkanes of at least 4 members (excludes halogenated alkanes) is 8. The predicted molar refractivity (Wildman–Crippen MR) is 126 cm³/mol. The molecule has 6 heteroatoms. The Hall–Kier alpha value is -0.690. The van der Waals surface area contributed by atoms with Gasteiger partial charge in [0, 0.05) is 19.6 Å². The lowest BCUT2D eigenvalue weighted by molar-refractivity contribution is -0.145. The van der Waals surface area contributed by atoms with Crippen molar-refractivity contribution in [3.8, 4) is 0 Å². The van der Waals surface area contributed by atoms with E-state index >= 15 is 0 Å². The number of carbonyl (C=O) groups excluding carboxylic acids is 1. The van der Waals surface area contributed by atoms with Gasteiger partial charge in [-0.05, 0) is 18.8 Å². The summed E-state index contributed by atoms with van der Waals surface area (Å²) in [5.41, 5.74) is 0. The summed E-state index contributed by atoms with van der Waals surface area (Å²) in [4.78, 5) is 11.4. The van der Waals surface area contributed by atoms with E-state index in [1.165, 1.54) is 51.4 Å². The minimum absolute atomic E-state index is 0.150. The molecule has 0 amide bonds. The van der Waals surface area contributed by atoms with Crippen molar-refractivity contribution in [3.63, 3.8) is 0 Å². The van der Waals surface area contributed by atoms with E-state index in [-0.39, 0.29) is 5.97 Å². The van der Waals surface area contributed by atoms with Gasteiger partial charge in [-0.1, -0.05) is 72.1 Å². The lowest BCUT2D eigenvalue weighted by Crippen LogP contribution is -2.13. The maximum Gasteiger partial charge on any atom is 0.305 e. The number of rotatable bonds is 25. The number of ether oxygens (including phenoxy) is 5. The van der Waals surface area contributed by atoms with Gasteiger partial charge in [-0.15, -0.1) is 0 Å². The van der Waals surface area contributed by atoms with Gasteiger partial charge in [-0.25, -0.2) is 0 Å². The molecule has 0 fully saturated rings. The Bertz CT molecular complexity index is 362. The third-order valence-corrected chi connectivity index (χ3v) is 4.76. The lowest BCUT2D eigenvalue weighted by Gasteiger charge is -2.08. The largest absolute Gasteiger partial charge is 0.465 e. The molecule has 0 aromatic heterocycles. The summed E-state index contributed by atoms with van der Waals surface area (Å²) in [6, 6.07) is 0. The molecule has 186 valence electrons. The third kappa shape index (κ3) is 27.3. The van der Waals surface area contributed by atoms with Gasteiger partial charge >= 0.3 is 5.97 Å². The quantitative estimate of drug-likeness (QED) is 0.135. The average molecular weight is 447 g/mol. The molecule has 0 bridgehead atoms. The second-order valence-corrected chi connectivity index (χ2v) is 8.46. The highest BCUT2D eigenvalue weighted by Gasteiger charge is 2.04. The fourth-order valence-electron chi connectivity index (χ4n) is 2.93. The van der Waals surface area contributed by atoms with Gasteiger partial charge in [-0.2, -0.15) is 0 Å². The molecule has 31 heavy (non-hydrogen) atoms. The molecule has 6 nitrogen and oxygen atoms in total. The van der Waals surface area contributed by atoms with Crippen molar-refractivity contribution in [2.75, 3.05) is 59.5 Å². The molecular weight excluding hydrogens is 396 g/mol. The Morgan fingerprint density at radius 3 is 1.48 bits per heavy atom. The number of hydrogen-bond donors (Lipinski definition) is 0. The summed E-state index contributed by atoms with van der Waals surface area (Å²) in [5, 5.41) is 0. The first-order valence-corrected chi connectivity index (χ1v) is 12.6. The molecule has 0 rings (SSSR count). The zero-order valence-electron chi connectivity index (χ0n) is 20.7. The van der Waals surface area contributed by atoms with Gasteiger partial charge in [0.2, 0.25) is 0 Å². The maximum atomic E-state index is 11.4. The maximum absolute atomic E-state index is 11.4. The molecule has 0 atom stereocenters. The van der Waals surface area contributed by atoms with E-state index < -0.39 is 0 Å². The molecular formula is C25H50O6. The first kappa shape index (κ1) is 30.3. The molecule has 0 aromatic rings. The number of hydrogen-bond acceptors (Lipinski definition) is 6. The Morgan fingerprint density at radius 2 is 1.00 bits per heavy atom. The average Bonchev–Trinajstić information content (AvgIpc) is 2.75. The molecule has 0 saturated heterocycles. The van der Waals surface area contributed by atoms with E-state index in [4.69, 9.17) is 23.7 Å². The van der Waals surface area contributed by atoms with Gasteiger partial charge < -0.3 is 23.7 Å². The summed E-state index contributed by atoms with van der Waals surface area (Å²) in [5.74, 6) is 0.223. The van der Waals surface area contributed by atoms with Crippen LogP contribution >= 0.6 is 0 Å². The van der Waals surface area contributed by atoms with E-state index in [1.807, 2.05) is 13.8 Å². The second-order valence-electron chi connectivity index (χ2n) is 8.46. The fourth-order valence-corrected chi connectivity index (χ4v) is 2.93. The van der Waals surface area contributed by atoms with E-state index in [0.29, 0.717) is 71.6 Å². The summed E-state index contributed by atoms with van der Waals surface area (Å²) in [7, 11) is 0.